The number of nitrogens with two attached hydrogens (primary N) is 1. The molecule has 4 N–H and O–H groups in total. The van der Waals surface area contributed by atoms with Gasteiger partial charge < -0.3 is 20.2 Å². The number of nitrogens with zero attached hydrogens (tertiary/aromatic N) is 1. The summed E-state index contributed by atoms with van der Waals surface area (Å²) in [5, 5.41) is 2.76. The summed E-state index contributed by atoms with van der Waals surface area (Å²) >= 11 is 0. The van der Waals surface area contributed by atoms with Gasteiger partial charge in [-0.05, 0) is 18.6 Å². The Morgan fingerprint density at radius 1 is 1.42 bits per heavy atom. The number of anilines is 1. The number of carbonyl (C=O) groups excluding carboxylic acids is 1. The monoisotopic (exact) mass is 268 g/mol. The molecular formula is C12H20N4O3. The molecular weight excluding hydrogens is 248 g/mol. The summed E-state index contributed by atoms with van der Waals surface area (Å²) in [7, 11) is 1.63. The fourth-order valence-electron chi connectivity index (χ4n) is 1.36. The van der Waals surface area contributed by atoms with E-state index in [1.54, 1.807) is 19.2 Å². The molecule has 0 atom stereocenters. The molecule has 0 aliphatic rings. The highest BCUT2D eigenvalue weighted by Crippen LogP contribution is 2.05. The van der Waals surface area contributed by atoms with Crippen molar-refractivity contribution < 1.29 is 14.3 Å². The molecule has 0 radical (unpaired) electrons. The first-order valence-electron chi connectivity index (χ1n) is 6.05. The Hall–Kier alpha value is -1.70. The molecule has 0 bridgehead atoms. The van der Waals surface area contributed by atoms with Crippen LogP contribution in [0.1, 0.15) is 16.9 Å². The number of nitrogen functional groups attached to an aromatic ring is 1. The first-order valence-corrected chi connectivity index (χ1v) is 6.05. The SMILES string of the molecule is COCCOCCCNC(=O)c1cc(NN)ccn1. The van der Waals surface area contributed by atoms with Crippen LogP contribution in [0.15, 0.2) is 18.3 Å². The third-order valence-corrected chi connectivity index (χ3v) is 2.34. The summed E-state index contributed by atoms with van der Waals surface area (Å²) < 4.78 is 10.1. The third kappa shape index (κ3) is 6.14. The standard InChI is InChI=1S/C12H20N4O3/c1-18-7-8-19-6-2-4-15-12(17)11-9-10(16-13)3-5-14-11/h3,5,9H,2,4,6-8,13H2,1H3,(H,14,16)(H,15,17). The molecule has 0 fully saturated rings. The van der Waals surface area contributed by atoms with Crippen molar-refractivity contribution in [2.75, 3.05) is 38.9 Å². The number of nitrogens with one attached hydrogen (secondary N) is 2. The van der Waals surface area contributed by atoms with Crippen molar-refractivity contribution in [3.8, 4) is 0 Å². The molecule has 0 spiro atoms. The van der Waals surface area contributed by atoms with Crippen LogP contribution in [0.4, 0.5) is 5.69 Å². The molecule has 0 aromatic carbocycles. The van der Waals surface area contributed by atoms with Crippen LogP contribution < -0.4 is 16.6 Å². The Labute approximate surface area is 112 Å². The number of rotatable bonds is 9. The maximum Gasteiger partial charge on any atom is 0.269 e. The van der Waals surface area contributed by atoms with Crippen molar-refractivity contribution in [2.45, 2.75) is 6.42 Å². The number of ether oxygens (including phenoxy) is 2. The molecule has 1 aromatic rings. The molecule has 106 valence electrons. The number of hydrogen-bond donors (Lipinski definition) is 3. The summed E-state index contributed by atoms with van der Waals surface area (Å²) in [6.07, 6.45) is 2.27. The minimum absolute atomic E-state index is 0.228. The Balaban J connectivity index is 2.20. The second-order valence-corrected chi connectivity index (χ2v) is 3.79. The summed E-state index contributed by atoms with van der Waals surface area (Å²) in [5.74, 6) is 5.03. The number of hydrazine groups is 1. The number of pyridine rings is 1. The van der Waals surface area contributed by atoms with Gasteiger partial charge in [0.2, 0.25) is 0 Å². The molecule has 0 aliphatic heterocycles. The van der Waals surface area contributed by atoms with Gasteiger partial charge >= 0.3 is 0 Å². The van der Waals surface area contributed by atoms with E-state index >= 15 is 0 Å². The quantitative estimate of drug-likeness (QED) is 0.335. The smallest absolute Gasteiger partial charge is 0.269 e. The minimum atomic E-state index is -0.228. The van der Waals surface area contributed by atoms with Gasteiger partial charge in [0.1, 0.15) is 5.69 Å². The van der Waals surface area contributed by atoms with Gasteiger partial charge in [0.05, 0.1) is 18.9 Å². The lowest BCUT2D eigenvalue weighted by Gasteiger charge is -2.06. The van der Waals surface area contributed by atoms with E-state index in [0.29, 0.717) is 37.7 Å². The first kappa shape index (κ1) is 15.4. The molecule has 7 nitrogen and oxygen atoms in total. The van der Waals surface area contributed by atoms with E-state index in [1.165, 1.54) is 6.20 Å². The summed E-state index contributed by atoms with van der Waals surface area (Å²) in [6, 6.07) is 3.27. The van der Waals surface area contributed by atoms with E-state index in [-0.39, 0.29) is 5.91 Å². The van der Waals surface area contributed by atoms with E-state index < -0.39 is 0 Å². The van der Waals surface area contributed by atoms with Gasteiger partial charge in [0, 0.05) is 26.5 Å². The number of methoxy groups -OCH3 is 1. The van der Waals surface area contributed by atoms with E-state index in [9.17, 15) is 4.79 Å². The summed E-state index contributed by atoms with van der Waals surface area (Å²) in [4.78, 5) is 15.7. The molecule has 19 heavy (non-hydrogen) atoms. The van der Waals surface area contributed by atoms with Crippen LogP contribution in [-0.2, 0) is 9.47 Å². The lowest BCUT2D eigenvalue weighted by atomic mass is 10.3. The number of carbonyl (C=O) groups is 1. The van der Waals surface area contributed by atoms with Crippen molar-refractivity contribution in [2.24, 2.45) is 5.84 Å². The van der Waals surface area contributed by atoms with Crippen molar-refractivity contribution in [1.82, 2.24) is 10.3 Å². The van der Waals surface area contributed by atoms with Gasteiger partial charge in [-0.25, -0.2) is 0 Å². The third-order valence-electron chi connectivity index (χ3n) is 2.34. The highest BCUT2D eigenvalue weighted by Gasteiger charge is 2.06. The highest BCUT2D eigenvalue weighted by atomic mass is 16.5. The van der Waals surface area contributed by atoms with Crippen LogP contribution in [0.5, 0.6) is 0 Å². The zero-order valence-corrected chi connectivity index (χ0v) is 11.0. The predicted octanol–water partition coefficient (Wildman–Crippen LogP) is 0.150. The van der Waals surface area contributed by atoms with E-state index in [4.69, 9.17) is 15.3 Å². The summed E-state index contributed by atoms with van der Waals surface area (Å²) in [5.41, 5.74) is 3.44. The molecule has 0 aliphatic carbocycles. The van der Waals surface area contributed by atoms with Gasteiger partial charge in [-0.1, -0.05) is 0 Å². The van der Waals surface area contributed by atoms with Gasteiger partial charge in [-0.2, -0.15) is 0 Å². The van der Waals surface area contributed by atoms with Crippen LogP contribution in [0.2, 0.25) is 0 Å². The van der Waals surface area contributed by atoms with E-state index in [0.717, 1.165) is 6.42 Å². The fraction of sp³-hybridized carbons (Fsp3) is 0.500. The van der Waals surface area contributed by atoms with Gasteiger partial charge in [-0.15, -0.1) is 0 Å². The first-order chi connectivity index (χ1) is 9.27. The van der Waals surface area contributed by atoms with Crippen molar-refractivity contribution in [3.63, 3.8) is 0 Å². The fourth-order valence-corrected chi connectivity index (χ4v) is 1.36. The molecule has 1 amide bonds. The minimum Gasteiger partial charge on any atom is -0.382 e. The van der Waals surface area contributed by atoms with Gasteiger partial charge in [0.15, 0.2) is 0 Å². The molecule has 1 rings (SSSR count). The average molecular weight is 268 g/mol. The van der Waals surface area contributed by atoms with Crippen LogP contribution in [0.25, 0.3) is 0 Å². The Morgan fingerprint density at radius 3 is 3.00 bits per heavy atom. The topological polar surface area (TPSA) is 98.5 Å². The predicted molar refractivity (Wildman–Crippen MR) is 71.7 cm³/mol. The summed E-state index contributed by atoms with van der Waals surface area (Å²) in [6.45, 7) is 2.26. The zero-order chi connectivity index (χ0) is 13.9. The second kappa shape index (κ2) is 9.26. The van der Waals surface area contributed by atoms with Crippen LogP contribution >= 0.6 is 0 Å². The highest BCUT2D eigenvalue weighted by molar-refractivity contribution is 5.93. The Morgan fingerprint density at radius 2 is 2.26 bits per heavy atom. The van der Waals surface area contributed by atoms with E-state index in [2.05, 4.69) is 15.7 Å². The Bertz CT molecular complexity index is 387. The molecule has 0 unspecified atom stereocenters. The van der Waals surface area contributed by atoms with E-state index in [1.807, 2.05) is 0 Å². The molecule has 1 aromatic heterocycles. The van der Waals surface area contributed by atoms with Gasteiger partial charge in [-0.3, -0.25) is 15.6 Å². The number of hydrogen-bond acceptors (Lipinski definition) is 6. The lowest BCUT2D eigenvalue weighted by molar-refractivity contribution is 0.0688. The molecule has 7 heteroatoms. The number of amides is 1. The largest absolute Gasteiger partial charge is 0.382 e. The van der Waals surface area contributed by atoms with Crippen molar-refractivity contribution >= 4 is 11.6 Å². The van der Waals surface area contributed by atoms with Crippen LogP contribution in [-0.4, -0.2) is 44.4 Å². The maximum absolute atomic E-state index is 11.7. The van der Waals surface area contributed by atoms with Gasteiger partial charge in [0.25, 0.3) is 5.91 Å². The number of aromatic nitrogens is 1. The van der Waals surface area contributed by atoms with Crippen molar-refractivity contribution in [3.05, 3.63) is 24.0 Å². The normalized spacial score (nSPS) is 10.2. The van der Waals surface area contributed by atoms with Crippen LogP contribution in [0, 0.1) is 0 Å². The molecule has 1 heterocycles. The molecule has 0 saturated carbocycles. The molecule has 0 saturated heterocycles. The zero-order valence-electron chi connectivity index (χ0n) is 11.0. The second-order valence-electron chi connectivity index (χ2n) is 3.79. The lowest BCUT2D eigenvalue weighted by Crippen LogP contribution is -2.26. The average Bonchev–Trinajstić information content (AvgIpc) is 2.46. The van der Waals surface area contributed by atoms with Crippen molar-refractivity contribution in [1.29, 1.82) is 0 Å². The van der Waals surface area contributed by atoms with Crippen LogP contribution in [0.3, 0.4) is 0 Å². The Kier molecular flexibility index (Phi) is 7.48. The maximum atomic E-state index is 11.7.